The summed E-state index contributed by atoms with van der Waals surface area (Å²) in [4.78, 5) is 11.8. The van der Waals surface area contributed by atoms with Crippen LogP contribution < -0.4 is 10.3 Å². The Hall–Kier alpha value is -2.95. The molecule has 0 unspecified atom stereocenters. The molecule has 0 spiro atoms. The number of para-hydroxylation sites is 1. The Bertz CT molecular complexity index is 913. The fraction of sp³-hybridized carbons (Fsp3) is 0.318. The Morgan fingerprint density at radius 3 is 2.52 bits per heavy atom. The van der Waals surface area contributed by atoms with Crippen LogP contribution in [0.1, 0.15) is 37.8 Å². The summed E-state index contributed by atoms with van der Waals surface area (Å²) in [5.41, 5.74) is 6.32. The Morgan fingerprint density at radius 1 is 1.00 bits per heavy atom. The summed E-state index contributed by atoms with van der Waals surface area (Å²) in [5, 5.41) is 5.38. The summed E-state index contributed by atoms with van der Waals surface area (Å²) in [6.07, 6.45) is 3.94. The highest BCUT2D eigenvalue weighted by Crippen LogP contribution is 2.23. The van der Waals surface area contributed by atoms with Crippen molar-refractivity contribution in [2.75, 3.05) is 23.4 Å². The maximum absolute atomic E-state index is 4.78. The number of benzene rings is 2. The molecule has 0 saturated carbocycles. The molecule has 0 bridgehead atoms. The molecule has 5 heteroatoms. The summed E-state index contributed by atoms with van der Waals surface area (Å²) in [6, 6.07) is 16.3. The van der Waals surface area contributed by atoms with E-state index in [1.807, 2.05) is 42.6 Å². The van der Waals surface area contributed by atoms with E-state index >= 15 is 0 Å². The van der Waals surface area contributed by atoms with Crippen LogP contribution in [-0.4, -0.2) is 29.3 Å². The van der Waals surface area contributed by atoms with Gasteiger partial charge >= 0.3 is 0 Å². The number of hydrogen-bond donors (Lipinski definition) is 1. The van der Waals surface area contributed by atoms with Crippen LogP contribution >= 0.6 is 0 Å². The first-order chi connectivity index (χ1) is 13.2. The van der Waals surface area contributed by atoms with Gasteiger partial charge in [0.2, 0.25) is 5.95 Å². The van der Waals surface area contributed by atoms with E-state index in [0.717, 1.165) is 54.2 Å². The van der Waals surface area contributed by atoms with Gasteiger partial charge in [-0.25, -0.2) is 4.98 Å². The van der Waals surface area contributed by atoms with E-state index in [-0.39, 0.29) is 0 Å². The van der Waals surface area contributed by atoms with Crippen LogP contribution in [0.5, 0.6) is 0 Å². The number of hydrogen-bond acceptors (Lipinski definition) is 5. The third-order valence-corrected chi connectivity index (χ3v) is 4.29. The molecule has 5 nitrogen and oxygen atoms in total. The fourth-order valence-corrected chi connectivity index (χ4v) is 3.06. The van der Waals surface area contributed by atoms with Crippen molar-refractivity contribution in [3.8, 4) is 0 Å². The van der Waals surface area contributed by atoms with Gasteiger partial charge in [-0.3, -0.25) is 5.43 Å². The third-order valence-electron chi connectivity index (χ3n) is 4.29. The minimum atomic E-state index is 0.733. The molecule has 0 amide bonds. The largest absolute Gasteiger partial charge is 0.341 e. The Balaban J connectivity index is 1.92. The lowest BCUT2D eigenvalue weighted by atomic mass is 10.2. The van der Waals surface area contributed by atoms with Gasteiger partial charge in [-0.1, -0.05) is 55.8 Å². The molecule has 0 atom stereocenters. The van der Waals surface area contributed by atoms with Gasteiger partial charge in [-0.2, -0.15) is 10.1 Å². The van der Waals surface area contributed by atoms with Gasteiger partial charge in [0, 0.05) is 18.5 Å². The molecule has 140 valence electrons. The van der Waals surface area contributed by atoms with Crippen molar-refractivity contribution in [3.05, 3.63) is 59.7 Å². The van der Waals surface area contributed by atoms with Gasteiger partial charge in [-0.05, 0) is 37.5 Å². The average molecular weight is 361 g/mol. The summed E-state index contributed by atoms with van der Waals surface area (Å²) in [6.45, 7) is 8.31. The van der Waals surface area contributed by atoms with Gasteiger partial charge in [-0.15, -0.1) is 0 Å². The standard InChI is InChI=1S/C22H27N5/c1-4-13-27(14-5-2)22-24-20-12-7-6-11-19(20)21(25-22)26-23-16-18-10-8-9-17(3)15-18/h6-12,15-16H,4-5,13-14H2,1-3H3,(H,24,25,26)/b23-16+. The highest BCUT2D eigenvalue weighted by molar-refractivity contribution is 5.90. The molecular formula is C22H27N5. The SMILES string of the molecule is CCCN(CCC)c1nc(N/N=C/c2cccc(C)c2)c2ccccc2n1. The number of nitrogens with zero attached hydrogens (tertiary/aromatic N) is 4. The molecule has 0 aliphatic carbocycles. The van der Waals surface area contributed by atoms with Gasteiger partial charge in [0.15, 0.2) is 5.82 Å². The Kier molecular flexibility index (Phi) is 6.36. The lowest BCUT2D eigenvalue weighted by molar-refractivity contribution is 0.724. The first kappa shape index (κ1) is 18.8. The van der Waals surface area contributed by atoms with E-state index in [1.54, 1.807) is 0 Å². The quantitative estimate of drug-likeness (QED) is 0.452. The number of aromatic nitrogens is 2. The molecule has 0 aliphatic rings. The van der Waals surface area contributed by atoms with Crippen molar-refractivity contribution in [2.45, 2.75) is 33.6 Å². The molecule has 2 aromatic carbocycles. The van der Waals surface area contributed by atoms with Gasteiger partial charge in [0.1, 0.15) is 0 Å². The molecule has 1 N–H and O–H groups in total. The lowest BCUT2D eigenvalue weighted by Crippen LogP contribution is -2.27. The van der Waals surface area contributed by atoms with Crippen LogP contribution in [0.25, 0.3) is 10.9 Å². The lowest BCUT2D eigenvalue weighted by Gasteiger charge is -2.22. The number of anilines is 2. The molecule has 3 aromatic rings. The van der Waals surface area contributed by atoms with E-state index in [4.69, 9.17) is 9.97 Å². The molecule has 1 aromatic heterocycles. The minimum Gasteiger partial charge on any atom is -0.341 e. The zero-order valence-corrected chi connectivity index (χ0v) is 16.3. The summed E-state index contributed by atoms with van der Waals surface area (Å²) < 4.78 is 0. The fourth-order valence-electron chi connectivity index (χ4n) is 3.06. The number of nitrogens with one attached hydrogen (secondary N) is 1. The molecule has 0 aliphatic heterocycles. The molecule has 0 radical (unpaired) electrons. The second-order valence-electron chi connectivity index (χ2n) is 6.66. The molecule has 1 heterocycles. The maximum Gasteiger partial charge on any atom is 0.227 e. The van der Waals surface area contributed by atoms with Gasteiger partial charge in [0.25, 0.3) is 0 Å². The van der Waals surface area contributed by atoms with E-state index in [0.29, 0.717) is 0 Å². The van der Waals surface area contributed by atoms with E-state index in [9.17, 15) is 0 Å². The number of hydrazone groups is 1. The van der Waals surface area contributed by atoms with Crippen LogP contribution in [0.4, 0.5) is 11.8 Å². The van der Waals surface area contributed by atoms with Crippen molar-refractivity contribution in [3.63, 3.8) is 0 Å². The molecule has 3 rings (SSSR count). The molecular weight excluding hydrogens is 334 g/mol. The first-order valence-corrected chi connectivity index (χ1v) is 9.58. The highest BCUT2D eigenvalue weighted by atomic mass is 15.3. The zero-order valence-electron chi connectivity index (χ0n) is 16.3. The van der Waals surface area contributed by atoms with Crippen LogP contribution in [0.15, 0.2) is 53.6 Å². The predicted octanol–water partition coefficient (Wildman–Crippen LogP) is 5.01. The third kappa shape index (κ3) is 4.82. The van der Waals surface area contributed by atoms with Crippen molar-refractivity contribution >= 4 is 28.9 Å². The minimum absolute atomic E-state index is 0.733. The van der Waals surface area contributed by atoms with Gasteiger partial charge < -0.3 is 4.90 Å². The van der Waals surface area contributed by atoms with Crippen molar-refractivity contribution in [2.24, 2.45) is 5.10 Å². The van der Waals surface area contributed by atoms with E-state index in [1.165, 1.54) is 5.56 Å². The number of fused-ring (bicyclic) bond motifs is 1. The van der Waals surface area contributed by atoms with E-state index in [2.05, 4.69) is 48.3 Å². The van der Waals surface area contributed by atoms with Gasteiger partial charge in [0.05, 0.1) is 11.7 Å². The van der Waals surface area contributed by atoms with Crippen LogP contribution in [-0.2, 0) is 0 Å². The monoisotopic (exact) mass is 361 g/mol. The molecule has 27 heavy (non-hydrogen) atoms. The average Bonchev–Trinajstić information content (AvgIpc) is 2.68. The van der Waals surface area contributed by atoms with Crippen molar-refractivity contribution in [1.82, 2.24) is 9.97 Å². The van der Waals surface area contributed by atoms with Crippen LogP contribution in [0.3, 0.4) is 0 Å². The Labute approximate surface area is 161 Å². The van der Waals surface area contributed by atoms with E-state index < -0.39 is 0 Å². The summed E-state index contributed by atoms with van der Waals surface area (Å²) >= 11 is 0. The van der Waals surface area contributed by atoms with Crippen LogP contribution in [0, 0.1) is 6.92 Å². The molecule has 0 saturated heterocycles. The second kappa shape index (κ2) is 9.12. The normalized spacial score (nSPS) is 11.2. The first-order valence-electron chi connectivity index (χ1n) is 9.58. The summed E-state index contributed by atoms with van der Waals surface area (Å²) in [5.74, 6) is 1.49. The van der Waals surface area contributed by atoms with Crippen molar-refractivity contribution in [1.29, 1.82) is 0 Å². The number of aryl methyl sites for hydroxylation is 1. The predicted molar refractivity (Wildman–Crippen MR) is 115 cm³/mol. The Morgan fingerprint density at radius 2 is 1.78 bits per heavy atom. The topological polar surface area (TPSA) is 53.4 Å². The van der Waals surface area contributed by atoms with Crippen molar-refractivity contribution < 1.29 is 0 Å². The smallest absolute Gasteiger partial charge is 0.227 e. The zero-order chi connectivity index (χ0) is 19.1. The summed E-state index contributed by atoms with van der Waals surface area (Å²) in [7, 11) is 0. The number of rotatable bonds is 8. The highest BCUT2D eigenvalue weighted by Gasteiger charge is 2.12. The maximum atomic E-state index is 4.78. The molecule has 0 fully saturated rings. The second-order valence-corrected chi connectivity index (χ2v) is 6.66. The van der Waals surface area contributed by atoms with Crippen LogP contribution in [0.2, 0.25) is 0 Å².